The number of phenols is 1. The molecule has 39 heavy (non-hydrogen) atoms. The highest BCUT2D eigenvalue weighted by molar-refractivity contribution is 7.98. The molecule has 0 atom stereocenters. The van der Waals surface area contributed by atoms with E-state index in [-0.39, 0.29) is 17.4 Å². The Morgan fingerprint density at radius 1 is 0.974 bits per heavy atom. The van der Waals surface area contributed by atoms with Gasteiger partial charge in [0.25, 0.3) is 11.8 Å². The molecule has 3 aromatic carbocycles. The SMILES string of the molecule is O=C(Nc1ccc(SCc2cc3ccc(O)cc3oc2=O)cc1)/C(=C/c1ccsc1)NC(=O)c1ccccc1. The predicted molar refractivity (Wildman–Crippen MR) is 155 cm³/mol. The van der Waals surface area contributed by atoms with Crippen LogP contribution >= 0.6 is 23.1 Å². The molecule has 0 unspecified atom stereocenters. The first-order valence-electron chi connectivity index (χ1n) is 11.8. The Kier molecular flexibility index (Phi) is 7.91. The second-order valence-electron chi connectivity index (χ2n) is 8.48. The number of fused-ring (bicyclic) bond motifs is 1. The Balaban J connectivity index is 1.26. The lowest BCUT2D eigenvalue weighted by Gasteiger charge is -2.11. The number of nitrogens with one attached hydrogen (secondary N) is 2. The topological polar surface area (TPSA) is 109 Å². The zero-order valence-corrected chi connectivity index (χ0v) is 22.1. The molecule has 3 N–H and O–H groups in total. The first-order valence-corrected chi connectivity index (χ1v) is 13.8. The van der Waals surface area contributed by atoms with Gasteiger partial charge in [-0.25, -0.2) is 4.79 Å². The van der Waals surface area contributed by atoms with E-state index in [1.165, 1.54) is 29.2 Å². The lowest BCUT2D eigenvalue weighted by atomic mass is 10.2. The van der Waals surface area contributed by atoms with E-state index >= 15 is 0 Å². The van der Waals surface area contributed by atoms with E-state index in [1.54, 1.807) is 60.7 Å². The third kappa shape index (κ3) is 6.64. The molecular weight excluding hydrogens is 532 g/mol. The van der Waals surface area contributed by atoms with Crippen LogP contribution < -0.4 is 16.3 Å². The lowest BCUT2D eigenvalue weighted by molar-refractivity contribution is -0.113. The van der Waals surface area contributed by atoms with Crippen LogP contribution in [0.4, 0.5) is 5.69 Å². The van der Waals surface area contributed by atoms with Crippen LogP contribution in [0.3, 0.4) is 0 Å². The second kappa shape index (κ2) is 11.8. The highest BCUT2D eigenvalue weighted by atomic mass is 32.2. The molecule has 0 saturated carbocycles. The average molecular weight is 555 g/mol. The Morgan fingerprint density at radius 2 is 1.77 bits per heavy atom. The third-order valence-electron chi connectivity index (χ3n) is 5.68. The van der Waals surface area contributed by atoms with Gasteiger partial charge in [-0.15, -0.1) is 11.8 Å². The zero-order chi connectivity index (χ0) is 27.2. The summed E-state index contributed by atoms with van der Waals surface area (Å²) in [6.07, 6.45) is 1.63. The fourth-order valence-electron chi connectivity index (χ4n) is 3.70. The number of carbonyl (C=O) groups excluding carboxylic acids is 2. The summed E-state index contributed by atoms with van der Waals surface area (Å²) in [6, 6.07) is 24.2. The molecule has 0 aliphatic carbocycles. The van der Waals surface area contributed by atoms with Crippen molar-refractivity contribution in [2.45, 2.75) is 10.6 Å². The number of benzene rings is 3. The van der Waals surface area contributed by atoms with Gasteiger partial charge in [-0.1, -0.05) is 18.2 Å². The summed E-state index contributed by atoms with van der Waals surface area (Å²) in [5.74, 6) is -0.406. The molecule has 2 amide bonds. The van der Waals surface area contributed by atoms with Crippen LogP contribution in [0.15, 0.2) is 115 Å². The fraction of sp³-hybridized carbons (Fsp3) is 0.0333. The number of hydrogen-bond acceptors (Lipinski definition) is 7. The number of amides is 2. The number of hydrogen-bond donors (Lipinski definition) is 3. The predicted octanol–water partition coefficient (Wildman–Crippen LogP) is 6.26. The number of anilines is 1. The molecule has 0 radical (unpaired) electrons. The van der Waals surface area contributed by atoms with Crippen molar-refractivity contribution >= 4 is 57.6 Å². The summed E-state index contributed by atoms with van der Waals surface area (Å²) in [5, 5.41) is 19.6. The maximum Gasteiger partial charge on any atom is 0.340 e. The van der Waals surface area contributed by atoms with Gasteiger partial charge >= 0.3 is 5.63 Å². The van der Waals surface area contributed by atoms with E-state index in [9.17, 15) is 19.5 Å². The Bertz CT molecular complexity index is 1710. The molecule has 5 aromatic rings. The number of rotatable bonds is 8. The first-order chi connectivity index (χ1) is 18.9. The molecule has 0 spiro atoms. The van der Waals surface area contributed by atoms with Crippen LogP contribution in [0.2, 0.25) is 0 Å². The van der Waals surface area contributed by atoms with Gasteiger partial charge in [-0.3, -0.25) is 9.59 Å². The van der Waals surface area contributed by atoms with Crippen LogP contribution in [0.25, 0.3) is 17.0 Å². The molecule has 5 rings (SSSR count). The summed E-state index contributed by atoms with van der Waals surface area (Å²) in [7, 11) is 0. The summed E-state index contributed by atoms with van der Waals surface area (Å²) in [4.78, 5) is 39.1. The van der Waals surface area contributed by atoms with E-state index in [4.69, 9.17) is 4.42 Å². The summed E-state index contributed by atoms with van der Waals surface area (Å²) in [5.41, 5.74) is 2.32. The quantitative estimate of drug-likeness (QED) is 0.119. The molecule has 9 heteroatoms. The molecule has 0 aliphatic rings. The van der Waals surface area contributed by atoms with Crippen LogP contribution in [-0.4, -0.2) is 16.9 Å². The van der Waals surface area contributed by atoms with Gasteiger partial charge in [-0.05, 0) is 83.1 Å². The van der Waals surface area contributed by atoms with Crippen molar-refractivity contribution in [3.05, 3.63) is 128 Å². The van der Waals surface area contributed by atoms with Gasteiger partial charge in [0, 0.05) is 38.9 Å². The van der Waals surface area contributed by atoms with E-state index in [0.29, 0.717) is 28.2 Å². The minimum atomic E-state index is -0.453. The highest BCUT2D eigenvalue weighted by Gasteiger charge is 2.15. The van der Waals surface area contributed by atoms with Crippen molar-refractivity contribution in [1.29, 1.82) is 0 Å². The van der Waals surface area contributed by atoms with Gasteiger partial charge in [0.15, 0.2) is 0 Å². The summed E-state index contributed by atoms with van der Waals surface area (Å²) in [6.45, 7) is 0. The van der Waals surface area contributed by atoms with Crippen molar-refractivity contribution in [2.75, 3.05) is 5.32 Å². The molecule has 2 heterocycles. The standard InChI is InChI=1S/C30H22N2O5S2/c33-24-9-6-21-15-22(30(36)37-27(21)16-24)18-39-25-10-7-23(8-11-25)31-29(35)26(14-19-12-13-38-17-19)32-28(34)20-4-2-1-3-5-20/h1-17,33H,18H2,(H,31,35)(H,32,34)/b26-14-. The Hall–Kier alpha value is -4.60. The maximum absolute atomic E-state index is 13.1. The van der Waals surface area contributed by atoms with E-state index in [0.717, 1.165) is 15.8 Å². The van der Waals surface area contributed by atoms with E-state index < -0.39 is 11.5 Å². The largest absolute Gasteiger partial charge is 0.508 e. The van der Waals surface area contributed by atoms with Crippen molar-refractivity contribution < 1.29 is 19.1 Å². The van der Waals surface area contributed by atoms with Crippen molar-refractivity contribution in [1.82, 2.24) is 5.32 Å². The Labute approximate surface area is 231 Å². The fourth-order valence-corrected chi connectivity index (χ4v) is 5.17. The number of thioether (sulfide) groups is 1. The van der Waals surface area contributed by atoms with E-state index in [2.05, 4.69) is 10.6 Å². The van der Waals surface area contributed by atoms with Crippen LogP contribution in [0.1, 0.15) is 21.5 Å². The maximum atomic E-state index is 13.1. The second-order valence-corrected chi connectivity index (χ2v) is 10.3. The highest BCUT2D eigenvalue weighted by Crippen LogP contribution is 2.26. The molecule has 2 aromatic heterocycles. The van der Waals surface area contributed by atoms with Crippen LogP contribution in [0, 0.1) is 0 Å². The number of aromatic hydroxyl groups is 1. The minimum absolute atomic E-state index is 0.0348. The zero-order valence-electron chi connectivity index (χ0n) is 20.4. The van der Waals surface area contributed by atoms with Gasteiger partial charge in [0.2, 0.25) is 0 Å². The van der Waals surface area contributed by atoms with Gasteiger partial charge in [0.1, 0.15) is 17.0 Å². The molecule has 0 saturated heterocycles. The molecule has 194 valence electrons. The van der Waals surface area contributed by atoms with Crippen LogP contribution in [0.5, 0.6) is 5.75 Å². The monoisotopic (exact) mass is 554 g/mol. The molecule has 0 bridgehead atoms. The lowest BCUT2D eigenvalue weighted by Crippen LogP contribution is -2.30. The first kappa shape index (κ1) is 26.0. The minimum Gasteiger partial charge on any atom is -0.508 e. The van der Waals surface area contributed by atoms with Gasteiger partial charge in [0.05, 0.1) is 0 Å². The van der Waals surface area contributed by atoms with Crippen molar-refractivity contribution in [3.8, 4) is 5.75 Å². The normalized spacial score (nSPS) is 11.3. The Morgan fingerprint density at radius 3 is 2.51 bits per heavy atom. The molecule has 0 aliphatic heterocycles. The van der Waals surface area contributed by atoms with E-state index in [1.807, 2.05) is 35.0 Å². The van der Waals surface area contributed by atoms with Crippen molar-refractivity contribution in [2.24, 2.45) is 0 Å². The number of phenolic OH excluding ortho intramolecular Hbond substituents is 1. The smallest absolute Gasteiger partial charge is 0.340 e. The number of carbonyl (C=O) groups is 2. The third-order valence-corrected chi connectivity index (χ3v) is 7.44. The van der Waals surface area contributed by atoms with Gasteiger partial charge in [-0.2, -0.15) is 11.3 Å². The molecular formula is C30H22N2O5S2. The summed E-state index contributed by atoms with van der Waals surface area (Å²) >= 11 is 2.94. The van der Waals surface area contributed by atoms with Gasteiger partial charge < -0.3 is 20.2 Å². The molecule has 7 nitrogen and oxygen atoms in total. The summed E-state index contributed by atoms with van der Waals surface area (Å²) < 4.78 is 5.33. The number of thiophene rings is 1. The average Bonchev–Trinajstić information content (AvgIpc) is 3.46. The van der Waals surface area contributed by atoms with Crippen molar-refractivity contribution in [3.63, 3.8) is 0 Å². The molecule has 0 fully saturated rings. The van der Waals surface area contributed by atoms with Crippen LogP contribution in [-0.2, 0) is 10.5 Å².